The van der Waals surface area contributed by atoms with Gasteiger partial charge in [0.25, 0.3) is 5.91 Å². The van der Waals surface area contributed by atoms with Crippen LogP contribution in [0.3, 0.4) is 0 Å². The topological polar surface area (TPSA) is 105 Å². The minimum atomic E-state index is -4.79. The van der Waals surface area contributed by atoms with Crippen LogP contribution in [0.25, 0.3) is 0 Å². The van der Waals surface area contributed by atoms with E-state index in [1.807, 2.05) is 19.2 Å². The second-order valence-electron chi connectivity index (χ2n) is 9.56. The summed E-state index contributed by atoms with van der Waals surface area (Å²) < 4.78 is 47.3. The summed E-state index contributed by atoms with van der Waals surface area (Å²) in [6.07, 6.45) is -3.55. The van der Waals surface area contributed by atoms with Gasteiger partial charge in [0.1, 0.15) is 11.3 Å². The van der Waals surface area contributed by atoms with Gasteiger partial charge >= 0.3 is 12.1 Å². The molecule has 0 aliphatic heterocycles. The highest BCUT2D eigenvalue weighted by molar-refractivity contribution is 7.13. The fourth-order valence-corrected chi connectivity index (χ4v) is 4.71. The summed E-state index contributed by atoms with van der Waals surface area (Å²) in [6.45, 7) is 7.20. The van der Waals surface area contributed by atoms with Gasteiger partial charge in [-0.1, -0.05) is 17.7 Å². The Morgan fingerprint density at radius 1 is 1.10 bits per heavy atom. The molecule has 2 N–H and O–H groups in total. The number of carbonyl (C=O) groups is 2. The lowest BCUT2D eigenvalue weighted by Crippen LogP contribution is -2.38. The van der Waals surface area contributed by atoms with Crippen molar-refractivity contribution in [2.75, 3.05) is 10.2 Å². The summed E-state index contributed by atoms with van der Waals surface area (Å²) in [5.41, 5.74) is 1.000. The monoisotopic (exact) mass is 584 g/mol. The molecule has 0 atom stereocenters. The van der Waals surface area contributed by atoms with Crippen LogP contribution in [0.1, 0.15) is 56.9 Å². The quantitative estimate of drug-likeness (QED) is 0.212. The maximum Gasteiger partial charge on any atom is 0.421 e. The lowest BCUT2D eigenvalue weighted by molar-refractivity contribution is -0.138. The second kappa shape index (κ2) is 12.0. The second-order valence-corrected chi connectivity index (χ2v) is 10.4. The molecule has 2 aromatic carbocycles. The molecule has 4 rings (SSSR count). The van der Waals surface area contributed by atoms with E-state index in [4.69, 9.17) is 4.74 Å². The number of ether oxygens (including phenoxy) is 1. The van der Waals surface area contributed by atoms with Gasteiger partial charge in [0.15, 0.2) is 5.13 Å². The Bertz CT molecular complexity index is 1570. The number of rotatable bonds is 9. The third-order valence-corrected chi connectivity index (χ3v) is 6.90. The van der Waals surface area contributed by atoms with Crippen molar-refractivity contribution in [2.24, 2.45) is 0 Å². The van der Waals surface area contributed by atoms with Crippen molar-refractivity contribution in [3.8, 4) is 11.6 Å². The minimum Gasteiger partial charge on any atom is -0.478 e. The first kappa shape index (κ1) is 29.5. The number of nitrogens with zero attached hydrogens (tertiary/aromatic N) is 3. The Morgan fingerprint density at radius 3 is 2.39 bits per heavy atom. The summed E-state index contributed by atoms with van der Waals surface area (Å²) >= 11 is 1.33. The van der Waals surface area contributed by atoms with E-state index in [1.165, 1.54) is 34.6 Å². The number of aryl methyl sites for hydroxylation is 2. The number of amides is 1. The molecule has 41 heavy (non-hydrogen) atoms. The summed E-state index contributed by atoms with van der Waals surface area (Å²) in [6, 6.07) is 11.1. The number of alkyl halides is 3. The summed E-state index contributed by atoms with van der Waals surface area (Å²) in [7, 11) is 0. The molecule has 2 aromatic heterocycles. The van der Waals surface area contributed by atoms with Crippen LogP contribution in [0.2, 0.25) is 0 Å². The molecule has 0 spiro atoms. The van der Waals surface area contributed by atoms with E-state index < -0.39 is 35.5 Å². The van der Waals surface area contributed by atoms with E-state index in [0.717, 1.165) is 23.4 Å². The summed E-state index contributed by atoms with van der Waals surface area (Å²) in [5.74, 6) is -2.71. The fraction of sp³-hybridized carbons (Fsp3) is 0.241. The molecule has 0 bridgehead atoms. The number of carbonyl (C=O) groups excluding carboxylic acids is 1. The first-order valence-corrected chi connectivity index (χ1v) is 13.4. The van der Waals surface area contributed by atoms with E-state index in [0.29, 0.717) is 10.7 Å². The Morgan fingerprint density at radius 2 is 1.80 bits per heavy atom. The predicted octanol–water partition coefficient (Wildman–Crippen LogP) is 7.33. The lowest BCUT2D eigenvalue weighted by Gasteiger charge is -2.28. The number of hydrogen-bond donors (Lipinski definition) is 2. The third-order valence-electron chi connectivity index (χ3n) is 5.98. The number of carboxylic acid groups (broad SMARTS) is 1. The van der Waals surface area contributed by atoms with E-state index in [1.54, 1.807) is 38.1 Å². The van der Waals surface area contributed by atoms with Gasteiger partial charge in [-0.25, -0.2) is 14.8 Å². The van der Waals surface area contributed by atoms with Crippen LogP contribution < -0.4 is 15.0 Å². The van der Waals surface area contributed by atoms with Crippen molar-refractivity contribution < 1.29 is 32.6 Å². The van der Waals surface area contributed by atoms with E-state index >= 15 is 0 Å². The Kier molecular flexibility index (Phi) is 8.62. The number of pyridine rings is 1. The maximum atomic E-state index is 14.0. The molecule has 0 aliphatic carbocycles. The van der Waals surface area contributed by atoms with E-state index in [-0.39, 0.29) is 29.1 Å². The van der Waals surface area contributed by atoms with Gasteiger partial charge < -0.3 is 20.1 Å². The molecule has 0 radical (unpaired) electrons. The highest BCUT2D eigenvalue weighted by atomic mass is 32.1. The average Bonchev–Trinajstić information content (AvgIpc) is 3.33. The van der Waals surface area contributed by atoms with Crippen molar-refractivity contribution >= 4 is 34.0 Å². The van der Waals surface area contributed by atoms with Crippen LogP contribution in [0.4, 0.5) is 24.0 Å². The number of benzene rings is 2. The molecular formula is C29H27F3N4O4S. The van der Waals surface area contributed by atoms with Crippen molar-refractivity contribution in [1.29, 1.82) is 0 Å². The van der Waals surface area contributed by atoms with Gasteiger partial charge in [0.05, 0.1) is 16.9 Å². The van der Waals surface area contributed by atoms with Crippen LogP contribution >= 0.6 is 11.3 Å². The van der Waals surface area contributed by atoms with Crippen LogP contribution in [-0.4, -0.2) is 33.0 Å². The van der Waals surface area contributed by atoms with Crippen LogP contribution in [0.15, 0.2) is 60.1 Å². The molecule has 4 aromatic rings. The van der Waals surface area contributed by atoms with E-state index in [9.17, 15) is 27.9 Å². The lowest BCUT2D eigenvalue weighted by atomic mass is 10.1. The zero-order valence-corrected chi connectivity index (χ0v) is 23.4. The Balaban J connectivity index is 1.65. The molecule has 0 fully saturated rings. The molecule has 1 amide bonds. The van der Waals surface area contributed by atoms with Gasteiger partial charge in [0, 0.05) is 29.7 Å². The number of halogens is 3. The number of anilines is 2. The molecule has 12 heteroatoms. The maximum absolute atomic E-state index is 14.0. The number of carboxylic acids is 1. The zero-order valence-electron chi connectivity index (χ0n) is 22.6. The molecule has 214 valence electrons. The highest BCUT2D eigenvalue weighted by Gasteiger charge is 2.36. The number of aromatic nitrogens is 2. The van der Waals surface area contributed by atoms with Crippen LogP contribution in [-0.2, 0) is 12.7 Å². The Labute approximate surface area is 238 Å². The smallest absolute Gasteiger partial charge is 0.421 e. The predicted molar refractivity (Wildman–Crippen MR) is 150 cm³/mol. The van der Waals surface area contributed by atoms with Crippen molar-refractivity contribution in [2.45, 2.75) is 46.5 Å². The van der Waals surface area contributed by atoms with Crippen molar-refractivity contribution in [3.63, 3.8) is 0 Å². The molecular weight excluding hydrogens is 557 g/mol. The molecule has 0 aliphatic rings. The summed E-state index contributed by atoms with van der Waals surface area (Å²) in [4.78, 5) is 35.0. The molecule has 8 nitrogen and oxygen atoms in total. The van der Waals surface area contributed by atoms with Crippen molar-refractivity contribution in [1.82, 2.24) is 9.97 Å². The van der Waals surface area contributed by atoms with Gasteiger partial charge in [0.2, 0.25) is 5.88 Å². The number of hydrogen-bond acceptors (Lipinski definition) is 7. The van der Waals surface area contributed by atoms with Gasteiger partial charge in [-0.3, -0.25) is 4.79 Å². The Hall–Kier alpha value is -4.45. The molecule has 0 saturated carbocycles. The van der Waals surface area contributed by atoms with Gasteiger partial charge in [-0.05, 0) is 69.7 Å². The van der Waals surface area contributed by atoms with Crippen molar-refractivity contribution in [3.05, 3.63) is 93.6 Å². The number of nitrogens with one attached hydrogen (secondary N) is 1. The summed E-state index contributed by atoms with van der Waals surface area (Å²) in [5, 5.41) is 15.3. The van der Waals surface area contributed by atoms with Crippen LogP contribution in [0, 0.1) is 13.8 Å². The van der Waals surface area contributed by atoms with Gasteiger partial charge in [-0.15, -0.1) is 11.3 Å². The molecule has 0 unspecified atom stereocenters. The standard InChI is InChI=1S/C29H27F3N4O4S/c1-16(2)36(26(37)20-7-5-17(3)6-8-20)24-10-9-21(12-22(24)27(38)39)40-25-23(29(30,31)32)11-19(13-33-25)14-34-28-35-18(4)15-41-28/h5-13,15-16H,14H2,1-4H3,(H,34,35)(H,38,39). The van der Waals surface area contributed by atoms with E-state index in [2.05, 4.69) is 15.3 Å². The molecule has 0 saturated heterocycles. The third kappa shape index (κ3) is 7.01. The van der Waals surface area contributed by atoms with Crippen LogP contribution in [0.5, 0.6) is 11.6 Å². The number of thiazole rings is 1. The molecule has 2 heterocycles. The number of aromatic carboxylic acids is 1. The fourth-order valence-electron chi connectivity index (χ4n) is 4.02. The largest absolute Gasteiger partial charge is 0.478 e. The average molecular weight is 585 g/mol. The minimum absolute atomic E-state index is 0.0568. The first-order valence-electron chi connectivity index (χ1n) is 12.5. The van der Waals surface area contributed by atoms with Gasteiger partial charge in [-0.2, -0.15) is 13.2 Å². The first-order chi connectivity index (χ1) is 19.3. The normalized spacial score (nSPS) is 11.4. The SMILES string of the molecule is Cc1ccc(C(=O)N(c2ccc(Oc3ncc(CNc4nc(C)cs4)cc3C(F)(F)F)cc2C(=O)O)C(C)C)cc1. The highest BCUT2D eigenvalue weighted by Crippen LogP contribution is 2.38. The zero-order chi connectivity index (χ0) is 29.9.